The Labute approximate surface area is 146 Å². The SMILES string of the molecule is O=C(COC(=O)c1ccc([N+](=O)[O-])cc1Cl)NCc1ccccc1F. The summed E-state index contributed by atoms with van der Waals surface area (Å²) in [7, 11) is 0. The van der Waals surface area contributed by atoms with Crippen molar-refractivity contribution in [2.24, 2.45) is 0 Å². The highest BCUT2D eigenvalue weighted by Gasteiger charge is 2.17. The Morgan fingerprint density at radius 1 is 1.24 bits per heavy atom. The van der Waals surface area contributed by atoms with Gasteiger partial charge in [0, 0.05) is 24.2 Å². The molecule has 0 radical (unpaired) electrons. The van der Waals surface area contributed by atoms with Gasteiger partial charge in [-0.1, -0.05) is 29.8 Å². The summed E-state index contributed by atoms with van der Waals surface area (Å²) < 4.78 is 18.2. The van der Waals surface area contributed by atoms with Crippen molar-refractivity contribution in [3.8, 4) is 0 Å². The number of benzene rings is 2. The van der Waals surface area contributed by atoms with Crippen molar-refractivity contribution in [1.29, 1.82) is 0 Å². The molecule has 7 nitrogen and oxygen atoms in total. The highest BCUT2D eigenvalue weighted by atomic mass is 35.5. The molecule has 0 fully saturated rings. The number of non-ortho nitro benzene ring substituents is 1. The highest BCUT2D eigenvalue weighted by molar-refractivity contribution is 6.33. The smallest absolute Gasteiger partial charge is 0.340 e. The summed E-state index contributed by atoms with van der Waals surface area (Å²) in [5.41, 5.74) is -0.0843. The van der Waals surface area contributed by atoms with Crippen molar-refractivity contribution in [2.45, 2.75) is 6.54 Å². The molecule has 2 aromatic rings. The van der Waals surface area contributed by atoms with Crippen LogP contribution in [0.5, 0.6) is 0 Å². The van der Waals surface area contributed by atoms with E-state index in [1.54, 1.807) is 6.07 Å². The molecule has 25 heavy (non-hydrogen) atoms. The lowest BCUT2D eigenvalue weighted by atomic mass is 10.2. The molecule has 1 N–H and O–H groups in total. The molecule has 1 amide bonds. The van der Waals surface area contributed by atoms with Gasteiger partial charge >= 0.3 is 5.97 Å². The highest BCUT2D eigenvalue weighted by Crippen LogP contribution is 2.23. The molecule has 0 saturated heterocycles. The predicted octanol–water partition coefficient (Wildman–Crippen LogP) is 2.86. The Bertz CT molecular complexity index is 828. The quantitative estimate of drug-likeness (QED) is 0.481. The number of hydrogen-bond acceptors (Lipinski definition) is 5. The van der Waals surface area contributed by atoms with E-state index in [1.165, 1.54) is 18.2 Å². The predicted molar refractivity (Wildman–Crippen MR) is 86.6 cm³/mol. The van der Waals surface area contributed by atoms with Crippen LogP contribution in [0.3, 0.4) is 0 Å². The van der Waals surface area contributed by atoms with Crippen LogP contribution >= 0.6 is 11.6 Å². The maximum atomic E-state index is 13.4. The van der Waals surface area contributed by atoms with E-state index in [2.05, 4.69) is 5.32 Å². The number of nitrogens with zero attached hydrogens (tertiary/aromatic N) is 1. The van der Waals surface area contributed by atoms with Gasteiger partial charge in [-0.15, -0.1) is 0 Å². The van der Waals surface area contributed by atoms with Gasteiger partial charge in [0.25, 0.3) is 11.6 Å². The maximum absolute atomic E-state index is 13.4. The van der Waals surface area contributed by atoms with Crippen LogP contribution in [0, 0.1) is 15.9 Å². The normalized spacial score (nSPS) is 10.2. The van der Waals surface area contributed by atoms with Crippen LogP contribution in [0.15, 0.2) is 42.5 Å². The van der Waals surface area contributed by atoms with E-state index >= 15 is 0 Å². The molecule has 130 valence electrons. The number of halogens is 2. The van der Waals surface area contributed by atoms with Crippen molar-refractivity contribution in [3.05, 3.63) is 74.5 Å². The van der Waals surface area contributed by atoms with Crippen LogP contribution in [-0.4, -0.2) is 23.4 Å². The number of nitrogens with one attached hydrogen (secondary N) is 1. The van der Waals surface area contributed by atoms with Gasteiger partial charge in [-0.05, 0) is 12.1 Å². The second-order valence-electron chi connectivity index (χ2n) is 4.87. The topological polar surface area (TPSA) is 98.5 Å². The molecule has 0 unspecified atom stereocenters. The van der Waals surface area contributed by atoms with E-state index in [0.717, 1.165) is 18.2 Å². The number of rotatable bonds is 6. The summed E-state index contributed by atoms with van der Waals surface area (Å²) in [6.07, 6.45) is 0. The molecule has 0 aromatic heterocycles. The van der Waals surface area contributed by atoms with Crippen molar-refractivity contribution in [1.82, 2.24) is 5.32 Å². The lowest BCUT2D eigenvalue weighted by Gasteiger charge is -2.08. The Morgan fingerprint density at radius 3 is 2.60 bits per heavy atom. The Morgan fingerprint density at radius 2 is 1.96 bits per heavy atom. The first-order valence-electron chi connectivity index (χ1n) is 6.99. The number of nitro groups is 1. The monoisotopic (exact) mass is 366 g/mol. The van der Waals surface area contributed by atoms with Crippen molar-refractivity contribution < 1.29 is 23.6 Å². The van der Waals surface area contributed by atoms with Crippen LogP contribution in [0.2, 0.25) is 5.02 Å². The van der Waals surface area contributed by atoms with Crippen molar-refractivity contribution >= 4 is 29.2 Å². The minimum Gasteiger partial charge on any atom is -0.452 e. The number of ether oxygens (including phenoxy) is 1. The van der Waals surface area contributed by atoms with E-state index in [4.69, 9.17) is 16.3 Å². The molecule has 0 heterocycles. The van der Waals surface area contributed by atoms with Gasteiger partial charge in [0.1, 0.15) is 5.82 Å². The van der Waals surface area contributed by atoms with Gasteiger partial charge in [0.2, 0.25) is 0 Å². The molecular weight excluding hydrogens is 355 g/mol. The number of carbonyl (C=O) groups is 2. The van der Waals surface area contributed by atoms with E-state index in [9.17, 15) is 24.1 Å². The van der Waals surface area contributed by atoms with Crippen molar-refractivity contribution in [2.75, 3.05) is 6.61 Å². The molecule has 0 spiro atoms. The zero-order chi connectivity index (χ0) is 18.4. The summed E-state index contributed by atoms with van der Waals surface area (Å²) in [6, 6.07) is 9.17. The molecule has 9 heteroatoms. The maximum Gasteiger partial charge on any atom is 0.340 e. The first-order chi connectivity index (χ1) is 11.9. The van der Waals surface area contributed by atoms with Gasteiger partial charge in [-0.3, -0.25) is 14.9 Å². The van der Waals surface area contributed by atoms with Crippen LogP contribution < -0.4 is 5.32 Å². The average molecular weight is 367 g/mol. The van der Waals surface area contributed by atoms with E-state index in [-0.39, 0.29) is 22.8 Å². The third-order valence-electron chi connectivity index (χ3n) is 3.15. The summed E-state index contributed by atoms with van der Waals surface area (Å²) in [4.78, 5) is 33.5. The number of esters is 1. The van der Waals surface area contributed by atoms with Crippen LogP contribution in [0.1, 0.15) is 15.9 Å². The molecule has 2 aromatic carbocycles. The number of amides is 1. The molecular formula is C16H12ClFN2O5. The Kier molecular flexibility index (Phi) is 6.02. The summed E-state index contributed by atoms with van der Waals surface area (Å²) in [5, 5.41) is 12.9. The average Bonchev–Trinajstić information content (AvgIpc) is 2.58. The lowest BCUT2D eigenvalue weighted by molar-refractivity contribution is -0.384. The standard InChI is InChI=1S/C16H12ClFN2O5/c17-13-7-11(20(23)24)5-6-12(13)16(22)25-9-15(21)19-8-10-3-1-2-4-14(10)18/h1-7H,8-9H2,(H,19,21). The Hall–Kier alpha value is -3.00. The van der Waals surface area contributed by atoms with Gasteiger partial charge < -0.3 is 10.1 Å². The third-order valence-corrected chi connectivity index (χ3v) is 3.46. The van der Waals surface area contributed by atoms with Gasteiger partial charge in [-0.25, -0.2) is 9.18 Å². The van der Waals surface area contributed by atoms with E-state index < -0.39 is 29.2 Å². The van der Waals surface area contributed by atoms with Crippen LogP contribution in [-0.2, 0) is 16.1 Å². The molecule has 0 aliphatic rings. The summed E-state index contributed by atoms with van der Waals surface area (Å²) in [5.74, 6) is -1.99. The molecule has 0 bridgehead atoms. The number of nitro benzene ring substituents is 1. The minimum atomic E-state index is -0.902. The second kappa shape index (κ2) is 8.20. The minimum absolute atomic E-state index is 0.0542. The summed E-state index contributed by atoms with van der Waals surface area (Å²) in [6.45, 7) is -0.651. The summed E-state index contributed by atoms with van der Waals surface area (Å²) >= 11 is 5.79. The van der Waals surface area contributed by atoms with Crippen LogP contribution in [0.25, 0.3) is 0 Å². The van der Waals surface area contributed by atoms with Crippen LogP contribution in [0.4, 0.5) is 10.1 Å². The fraction of sp³-hybridized carbons (Fsp3) is 0.125. The zero-order valence-electron chi connectivity index (χ0n) is 12.7. The van der Waals surface area contributed by atoms with E-state index in [1.807, 2.05) is 0 Å². The lowest BCUT2D eigenvalue weighted by Crippen LogP contribution is -2.28. The second-order valence-corrected chi connectivity index (χ2v) is 5.27. The first-order valence-corrected chi connectivity index (χ1v) is 7.37. The van der Waals surface area contributed by atoms with Crippen molar-refractivity contribution in [3.63, 3.8) is 0 Å². The number of carbonyl (C=O) groups excluding carboxylic acids is 2. The molecule has 0 atom stereocenters. The van der Waals surface area contributed by atoms with Gasteiger partial charge in [-0.2, -0.15) is 0 Å². The number of hydrogen-bond donors (Lipinski definition) is 1. The third kappa shape index (κ3) is 4.98. The zero-order valence-corrected chi connectivity index (χ0v) is 13.5. The molecule has 0 saturated carbocycles. The molecule has 0 aliphatic carbocycles. The van der Waals surface area contributed by atoms with Gasteiger partial charge in [0.05, 0.1) is 15.5 Å². The fourth-order valence-corrected chi connectivity index (χ4v) is 2.13. The molecule has 2 rings (SSSR count). The molecule has 0 aliphatic heterocycles. The largest absolute Gasteiger partial charge is 0.452 e. The van der Waals surface area contributed by atoms with Gasteiger partial charge in [0.15, 0.2) is 6.61 Å². The fourth-order valence-electron chi connectivity index (χ4n) is 1.88. The first kappa shape index (κ1) is 18.3. The Balaban J connectivity index is 1.88. The van der Waals surface area contributed by atoms with E-state index in [0.29, 0.717) is 5.56 Å².